The van der Waals surface area contributed by atoms with Gasteiger partial charge in [0.15, 0.2) is 11.8 Å². The molecule has 2 aromatic rings. The highest BCUT2D eigenvalue weighted by Crippen LogP contribution is 2.14. The van der Waals surface area contributed by atoms with Crippen LogP contribution < -0.4 is 10.6 Å². The predicted molar refractivity (Wildman–Crippen MR) is 98.9 cm³/mol. The largest absolute Gasteiger partial charge is 0.377 e. The van der Waals surface area contributed by atoms with Gasteiger partial charge in [0.1, 0.15) is 12.4 Å². The quantitative estimate of drug-likeness (QED) is 0.594. The van der Waals surface area contributed by atoms with Crippen LogP contribution >= 0.6 is 0 Å². The molecule has 0 aromatic carbocycles. The average molecular weight is 360 g/mol. The second-order valence-electron chi connectivity index (χ2n) is 6.64. The Balaban J connectivity index is 1.58. The molecule has 0 bridgehead atoms. The van der Waals surface area contributed by atoms with Gasteiger partial charge in [-0.2, -0.15) is 10.2 Å². The molecule has 0 spiro atoms. The minimum absolute atomic E-state index is 0.266. The lowest BCUT2D eigenvalue weighted by Gasteiger charge is -2.25. The first kappa shape index (κ1) is 18.4. The van der Waals surface area contributed by atoms with E-state index in [0.717, 1.165) is 42.7 Å². The van der Waals surface area contributed by atoms with E-state index in [1.165, 1.54) is 11.3 Å². The van der Waals surface area contributed by atoms with E-state index in [1.807, 2.05) is 23.3 Å². The highest BCUT2D eigenvalue weighted by molar-refractivity contribution is 5.80. The second-order valence-corrected chi connectivity index (χ2v) is 6.64. The minimum atomic E-state index is 0.266. The summed E-state index contributed by atoms with van der Waals surface area (Å²) in [4.78, 5) is 8.87. The Bertz CT molecular complexity index is 791. The Morgan fingerprint density at radius 3 is 2.81 bits per heavy atom. The average Bonchev–Trinajstić information content (AvgIpc) is 3.12. The summed E-state index contributed by atoms with van der Waals surface area (Å²) >= 11 is 0. The van der Waals surface area contributed by atoms with Crippen molar-refractivity contribution in [2.45, 2.75) is 52.4 Å². The van der Waals surface area contributed by atoms with Crippen LogP contribution in [-0.4, -0.2) is 50.7 Å². The van der Waals surface area contributed by atoms with E-state index in [0.29, 0.717) is 13.2 Å². The zero-order valence-corrected chi connectivity index (χ0v) is 16.2. The number of hydrogen-bond donors (Lipinski definition) is 2. The number of ether oxygens (including phenoxy) is 1. The van der Waals surface area contributed by atoms with Crippen molar-refractivity contribution in [3.8, 4) is 0 Å². The molecule has 0 saturated heterocycles. The highest BCUT2D eigenvalue weighted by atomic mass is 16.5. The van der Waals surface area contributed by atoms with E-state index in [9.17, 15) is 0 Å². The fourth-order valence-corrected chi connectivity index (χ4v) is 3.30. The van der Waals surface area contributed by atoms with E-state index < -0.39 is 0 Å². The molecule has 2 aromatic heterocycles. The summed E-state index contributed by atoms with van der Waals surface area (Å²) in [5.74, 6) is 2.56. The lowest BCUT2D eigenvalue weighted by atomic mass is 10.1. The first-order valence-corrected chi connectivity index (χ1v) is 8.89. The van der Waals surface area contributed by atoms with Crippen LogP contribution in [0.15, 0.2) is 4.99 Å². The number of guanidine groups is 1. The molecule has 0 saturated carbocycles. The Morgan fingerprint density at radius 2 is 2.15 bits per heavy atom. The van der Waals surface area contributed by atoms with Crippen LogP contribution in [0.5, 0.6) is 0 Å². The van der Waals surface area contributed by atoms with Crippen LogP contribution in [0.1, 0.15) is 35.0 Å². The van der Waals surface area contributed by atoms with Gasteiger partial charge in [0.05, 0.1) is 12.2 Å². The third-order valence-electron chi connectivity index (χ3n) is 4.83. The summed E-state index contributed by atoms with van der Waals surface area (Å²) in [6.07, 6.45) is 1.89. The van der Waals surface area contributed by atoms with Crippen LogP contribution in [0.25, 0.3) is 0 Å². The summed E-state index contributed by atoms with van der Waals surface area (Å²) in [6.45, 7) is 6.04. The zero-order chi connectivity index (χ0) is 18.7. The van der Waals surface area contributed by atoms with Gasteiger partial charge in [-0.3, -0.25) is 9.67 Å². The van der Waals surface area contributed by atoms with Crippen LogP contribution in [0.2, 0.25) is 0 Å². The Hall–Kier alpha value is -2.42. The maximum absolute atomic E-state index is 5.12. The molecular weight excluding hydrogens is 332 g/mol. The number of rotatable bonds is 5. The molecule has 1 aliphatic rings. The SMILES string of the molecule is CN=C(NCc1c(C)nn(C)c1C)NC1CCc2nc(COC)nn2C1. The van der Waals surface area contributed by atoms with Crippen molar-refractivity contribution in [1.82, 2.24) is 35.2 Å². The van der Waals surface area contributed by atoms with E-state index in [2.05, 4.69) is 37.7 Å². The molecule has 1 unspecified atom stereocenters. The lowest BCUT2D eigenvalue weighted by Crippen LogP contribution is -2.46. The number of methoxy groups -OCH3 is 1. The minimum Gasteiger partial charge on any atom is -0.377 e. The standard InChI is InChI=1S/C17H28N8O/c1-11-14(12(2)24(4)22-11)8-19-17(18-3)20-13-6-7-16-21-15(10-26-5)23-25(16)9-13/h13H,6-10H2,1-5H3,(H2,18,19,20). The van der Waals surface area contributed by atoms with Crippen LogP contribution in [0, 0.1) is 13.8 Å². The number of aryl methyl sites for hydroxylation is 3. The Labute approximate surface area is 153 Å². The number of aromatic nitrogens is 5. The third kappa shape index (κ3) is 3.87. The third-order valence-corrected chi connectivity index (χ3v) is 4.83. The van der Waals surface area contributed by atoms with Crippen molar-refractivity contribution in [2.75, 3.05) is 14.2 Å². The molecule has 3 heterocycles. The fourth-order valence-electron chi connectivity index (χ4n) is 3.30. The molecule has 26 heavy (non-hydrogen) atoms. The smallest absolute Gasteiger partial charge is 0.191 e. The molecule has 0 amide bonds. The summed E-state index contributed by atoms with van der Waals surface area (Å²) in [6, 6.07) is 0.266. The number of hydrogen-bond acceptors (Lipinski definition) is 5. The normalized spacial score (nSPS) is 17.3. The molecule has 0 fully saturated rings. The van der Waals surface area contributed by atoms with Crippen LogP contribution in [0.3, 0.4) is 0 Å². The van der Waals surface area contributed by atoms with Gasteiger partial charge < -0.3 is 15.4 Å². The highest BCUT2D eigenvalue weighted by Gasteiger charge is 2.22. The first-order valence-electron chi connectivity index (χ1n) is 8.89. The van der Waals surface area contributed by atoms with Gasteiger partial charge in [0, 0.05) is 51.5 Å². The van der Waals surface area contributed by atoms with Crippen molar-refractivity contribution in [2.24, 2.45) is 12.0 Å². The summed E-state index contributed by atoms with van der Waals surface area (Å²) < 4.78 is 9.00. The van der Waals surface area contributed by atoms with E-state index >= 15 is 0 Å². The van der Waals surface area contributed by atoms with Gasteiger partial charge in [-0.25, -0.2) is 9.67 Å². The Morgan fingerprint density at radius 1 is 1.35 bits per heavy atom. The Kier molecular flexibility index (Phi) is 5.55. The van der Waals surface area contributed by atoms with Gasteiger partial charge in [0.25, 0.3) is 0 Å². The van der Waals surface area contributed by atoms with Gasteiger partial charge in [-0.15, -0.1) is 0 Å². The van der Waals surface area contributed by atoms with Crippen LogP contribution in [-0.2, 0) is 37.9 Å². The predicted octanol–water partition coefficient (Wildman–Crippen LogP) is 0.455. The van der Waals surface area contributed by atoms with Gasteiger partial charge in [-0.05, 0) is 20.3 Å². The second kappa shape index (κ2) is 7.86. The number of nitrogens with zero attached hydrogens (tertiary/aromatic N) is 6. The maximum Gasteiger partial charge on any atom is 0.191 e. The lowest BCUT2D eigenvalue weighted by molar-refractivity contribution is 0.177. The molecule has 1 aliphatic heterocycles. The van der Waals surface area contributed by atoms with Crippen LogP contribution in [0.4, 0.5) is 0 Å². The number of nitrogens with one attached hydrogen (secondary N) is 2. The molecule has 0 aliphatic carbocycles. The van der Waals surface area contributed by atoms with Crippen molar-refractivity contribution in [1.29, 1.82) is 0 Å². The first-order chi connectivity index (χ1) is 12.5. The van der Waals surface area contributed by atoms with Gasteiger partial charge >= 0.3 is 0 Å². The van der Waals surface area contributed by atoms with E-state index in [1.54, 1.807) is 14.2 Å². The summed E-state index contributed by atoms with van der Waals surface area (Å²) in [5.41, 5.74) is 3.42. The topological polar surface area (TPSA) is 94.2 Å². The summed E-state index contributed by atoms with van der Waals surface area (Å²) in [5, 5.41) is 15.9. The molecule has 1 atom stereocenters. The molecule has 2 N–H and O–H groups in total. The van der Waals surface area contributed by atoms with Crippen molar-refractivity contribution in [3.05, 3.63) is 28.6 Å². The number of aliphatic imine (C=N–C) groups is 1. The zero-order valence-electron chi connectivity index (χ0n) is 16.2. The summed E-state index contributed by atoms with van der Waals surface area (Å²) in [7, 11) is 5.42. The van der Waals surface area contributed by atoms with E-state index in [-0.39, 0.29) is 6.04 Å². The molecule has 9 nitrogen and oxygen atoms in total. The van der Waals surface area contributed by atoms with Crippen molar-refractivity contribution >= 4 is 5.96 Å². The molecule has 3 rings (SSSR count). The monoisotopic (exact) mass is 360 g/mol. The number of fused-ring (bicyclic) bond motifs is 1. The molecular formula is C17H28N8O. The van der Waals surface area contributed by atoms with Gasteiger partial charge in [0.2, 0.25) is 0 Å². The van der Waals surface area contributed by atoms with Gasteiger partial charge in [-0.1, -0.05) is 0 Å². The maximum atomic E-state index is 5.12. The molecule has 0 radical (unpaired) electrons. The molecule has 142 valence electrons. The van der Waals surface area contributed by atoms with E-state index in [4.69, 9.17) is 4.74 Å². The van der Waals surface area contributed by atoms with Crippen molar-refractivity contribution in [3.63, 3.8) is 0 Å². The molecule has 9 heteroatoms. The fraction of sp³-hybridized carbons (Fsp3) is 0.647. The van der Waals surface area contributed by atoms with Crippen molar-refractivity contribution < 1.29 is 4.74 Å².